The number of benzene rings is 1. The topological polar surface area (TPSA) is 163 Å². The number of amides is 5. The van der Waals surface area contributed by atoms with Gasteiger partial charge in [0.1, 0.15) is 18.1 Å². The van der Waals surface area contributed by atoms with Gasteiger partial charge in [0.25, 0.3) is 0 Å². The van der Waals surface area contributed by atoms with Crippen molar-refractivity contribution in [2.24, 2.45) is 11.8 Å². The molecule has 208 valence electrons. The number of hydrogen-bond donors (Lipinski definition) is 5. The van der Waals surface area contributed by atoms with E-state index in [1.807, 2.05) is 0 Å². The summed E-state index contributed by atoms with van der Waals surface area (Å²) in [7, 11) is 0. The Morgan fingerprint density at radius 2 is 1.21 bits per heavy atom. The van der Waals surface area contributed by atoms with E-state index in [0.29, 0.717) is 5.69 Å². The molecule has 38 heavy (non-hydrogen) atoms. The molecular weight excluding hydrogens is 490 g/mol. The molecule has 0 radical (unpaired) electrons. The molecule has 0 fully saturated rings. The molecule has 0 aromatic heterocycles. The maximum Gasteiger partial charge on any atom is 0.243 e. The Morgan fingerprint density at radius 1 is 0.711 bits per heavy atom. The first kappa shape index (κ1) is 30.5. The number of fused-ring (bicyclic) bond motifs is 18. The fourth-order valence-electron chi connectivity index (χ4n) is 3.92. The van der Waals surface area contributed by atoms with Crippen LogP contribution in [-0.2, 0) is 35.2 Å². The van der Waals surface area contributed by atoms with Crippen LogP contribution in [0.4, 0.5) is 5.69 Å². The van der Waals surface area contributed by atoms with E-state index in [9.17, 15) is 28.8 Å². The molecule has 5 amide bonds. The van der Waals surface area contributed by atoms with Gasteiger partial charge >= 0.3 is 0 Å². The Labute approximate surface area is 223 Å². The summed E-state index contributed by atoms with van der Waals surface area (Å²) >= 11 is 0. The second-order valence-electron chi connectivity index (χ2n) is 9.81. The lowest BCUT2D eigenvalue weighted by molar-refractivity contribution is -0.136. The van der Waals surface area contributed by atoms with Gasteiger partial charge in [0.05, 0.1) is 6.04 Å². The molecule has 2 aliphatic rings. The van der Waals surface area contributed by atoms with Crippen molar-refractivity contribution >= 4 is 41.0 Å². The third kappa shape index (κ3) is 8.12. The van der Waals surface area contributed by atoms with Crippen molar-refractivity contribution in [1.82, 2.24) is 21.3 Å². The summed E-state index contributed by atoms with van der Waals surface area (Å²) < 4.78 is 0. The van der Waals surface area contributed by atoms with Crippen LogP contribution in [0.1, 0.15) is 59.9 Å². The van der Waals surface area contributed by atoms with Crippen LogP contribution in [-0.4, -0.2) is 59.5 Å². The number of carbonyl (C=O) groups is 6. The van der Waals surface area contributed by atoms with Gasteiger partial charge in [0.15, 0.2) is 5.78 Å². The predicted molar refractivity (Wildman–Crippen MR) is 142 cm³/mol. The lowest BCUT2D eigenvalue weighted by atomic mass is 9.93. The van der Waals surface area contributed by atoms with E-state index in [0.717, 1.165) is 5.56 Å². The minimum absolute atomic E-state index is 0.218. The molecule has 2 heterocycles. The summed E-state index contributed by atoms with van der Waals surface area (Å²) in [5.74, 6) is -4.17. The van der Waals surface area contributed by atoms with Gasteiger partial charge in [-0.15, -0.1) is 0 Å². The summed E-state index contributed by atoms with van der Waals surface area (Å²) in [5.41, 5.74) is 1.27. The van der Waals surface area contributed by atoms with Crippen molar-refractivity contribution < 1.29 is 28.8 Å². The normalized spacial score (nSPS) is 28.2. The minimum atomic E-state index is -0.967. The van der Waals surface area contributed by atoms with Crippen molar-refractivity contribution in [1.29, 1.82) is 0 Å². The molecule has 0 aliphatic carbocycles. The molecule has 11 nitrogen and oxygen atoms in total. The van der Waals surface area contributed by atoms with E-state index < -0.39 is 59.6 Å². The highest BCUT2D eigenvalue weighted by atomic mass is 16.2. The fourth-order valence-corrected chi connectivity index (χ4v) is 3.92. The van der Waals surface area contributed by atoms with Crippen LogP contribution in [0.25, 0.3) is 0 Å². The van der Waals surface area contributed by atoms with Crippen LogP contribution in [0, 0.1) is 11.8 Å². The molecule has 3 rings (SSSR count). The van der Waals surface area contributed by atoms with Crippen LogP contribution < -0.4 is 26.6 Å². The molecule has 2 bridgehead atoms. The number of hydrogen-bond acceptors (Lipinski definition) is 6. The average Bonchev–Trinajstić information content (AvgIpc) is 2.88. The van der Waals surface area contributed by atoms with Crippen LogP contribution in [0.3, 0.4) is 0 Å². The predicted octanol–water partition coefficient (Wildman–Crippen LogP) is 0.822. The Morgan fingerprint density at radius 3 is 1.74 bits per heavy atom. The Hall–Kier alpha value is -3.76. The molecular formula is C27H39N5O6. The van der Waals surface area contributed by atoms with Crippen molar-refractivity contribution in [3.05, 3.63) is 29.8 Å². The molecule has 0 saturated heterocycles. The van der Waals surface area contributed by atoms with E-state index >= 15 is 0 Å². The van der Waals surface area contributed by atoms with Gasteiger partial charge in [-0.1, -0.05) is 39.8 Å². The largest absolute Gasteiger partial charge is 0.344 e. The van der Waals surface area contributed by atoms with E-state index in [-0.39, 0.29) is 31.0 Å². The minimum Gasteiger partial charge on any atom is -0.344 e. The molecule has 6 atom stereocenters. The van der Waals surface area contributed by atoms with Gasteiger partial charge in [-0.2, -0.15) is 0 Å². The van der Waals surface area contributed by atoms with Gasteiger partial charge in [-0.05, 0) is 50.8 Å². The maximum absolute atomic E-state index is 12.9. The number of rotatable bonds is 3. The molecule has 5 N–H and O–H groups in total. The summed E-state index contributed by atoms with van der Waals surface area (Å²) in [6, 6.07) is 3.19. The number of carbonyl (C=O) groups excluding carboxylic acids is 6. The molecule has 0 saturated carbocycles. The highest BCUT2D eigenvalue weighted by molar-refractivity contribution is 5.98. The van der Waals surface area contributed by atoms with Gasteiger partial charge in [0.2, 0.25) is 29.5 Å². The van der Waals surface area contributed by atoms with Crippen LogP contribution in [0.5, 0.6) is 0 Å². The number of anilines is 1. The summed E-state index contributed by atoms with van der Waals surface area (Å²) in [5, 5.41) is 13.4. The quantitative estimate of drug-likeness (QED) is 0.364. The Kier molecular flexibility index (Phi) is 11.0. The van der Waals surface area contributed by atoms with Crippen molar-refractivity contribution in [2.75, 3.05) is 5.32 Å². The van der Waals surface area contributed by atoms with E-state index in [1.165, 1.54) is 13.8 Å². The summed E-state index contributed by atoms with van der Waals surface area (Å²) in [6.45, 7) is 9.52. The van der Waals surface area contributed by atoms with E-state index in [2.05, 4.69) is 26.6 Å². The lowest BCUT2D eigenvalue weighted by Crippen LogP contribution is -2.57. The van der Waals surface area contributed by atoms with Gasteiger partial charge < -0.3 is 26.6 Å². The van der Waals surface area contributed by atoms with Crippen LogP contribution in [0.15, 0.2) is 24.3 Å². The van der Waals surface area contributed by atoms with Crippen molar-refractivity contribution in [3.63, 3.8) is 0 Å². The average molecular weight is 530 g/mol. The Balaban J connectivity index is 2.37. The van der Waals surface area contributed by atoms with Crippen molar-refractivity contribution in [3.8, 4) is 0 Å². The monoisotopic (exact) mass is 529 g/mol. The fraction of sp³-hybridized carbons (Fsp3) is 0.556. The second-order valence-corrected chi connectivity index (χ2v) is 9.81. The van der Waals surface area contributed by atoms with Crippen LogP contribution in [0.2, 0.25) is 0 Å². The highest BCUT2D eigenvalue weighted by Crippen LogP contribution is 2.17. The third-order valence-corrected chi connectivity index (χ3v) is 6.88. The number of nitrogens with one attached hydrogen (secondary N) is 5. The zero-order chi connectivity index (χ0) is 28.6. The number of Topliss-reactive ketones (excluding diaryl/α,β-unsaturated/α-hetero) is 1. The van der Waals surface area contributed by atoms with E-state index in [1.54, 1.807) is 52.0 Å². The molecule has 2 aliphatic heterocycles. The number of ketones is 1. The van der Waals surface area contributed by atoms with Crippen molar-refractivity contribution in [2.45, 2.75) is 85.0 Å². The lowest BCUT2D eigenvalue weighted by Gasteiger charge is -2.25. The Bertz CT molecular complexity index is 1060. The van der Waals surface area contributed by atoms with Gasteiger partial charge in [0, 0.05) is 17.5 Å². The molecule has 1 aromatic rings. The summed E-state index contributed by atoms with van der Waals surface area (Å²) in [6.07, 6.45) is 0.728. The molecule has 2 unspecified atom stereocenters. The third-order valence-electron chi connectivity index (χ3n) is 6.88. The second kappa shape index (κ2) is 13.7. The first-order chi connectivity index (χ1) is 17.9. The molecule has 0 spiro atoms. The smallest absolute Gasteiger partial charge is 0.243 e. The maximum atomic E-state index is 12.9. The summed E-state index contributed by atoms with van der Waals surface area (Å²) in [4.78, 5) is 76.4. The highest BCUT2D eigenvalue weighted by Gasteiger charge is 2.31. The zero-order valence-electron chi connectivity index (χ0n) is 22.8. The zero-order valence-corrected chi connectivity index (χ0v) is 22.8. The van der Waals surface area contributed by atoms with E-state index in [4.69, 9.17) is 0 Å². The van der Waals surface area contributed by atoms with Gasteiger partial charge in [-0.3, -0.25) is 28.8 Å². The first-order valence-corrected chi connectivity index (χ1v) is 13.0. The van der Waals surface area contributed by atoms with Gasteiger partial charge in [-0.25, -0.2) is 0 Å². The van der Waals surface area contributed by atoms with Crippen LogP contribution >= 0.6 is 0 Å². The SMILES string of the molecule is CC[C@@H]1NC(=O)[C@@H](CC)NC(=O)C(C)C(C)C(=O)Nc2ccc(cc2)C[C@@H](C(C)=O)NC(=O)[C@@H](C)NC1=O. The molecule has 1 aromatic carbocycles. The molecule has 11 heteroatoms. The first-order valence-electron chi connectivity index (χ1n) is 13.0. The standard InChI is InChI=1S/C27H39N5O6/c1-7-20-26(37)28-16(5)25(36)32-22(17(6)33)13-18-9-11-19(12-10-18)29-23(34)14(3)15(4)24(35)30-21(8-2)27(38)31-20/h9-12,14-16,20-22H,7-8,13H2,1-6H3,(H,28,37)(H,29,34)(H,30,35)(H,31,38)(H,32,36)/t14?,15?,16-,20+,21-,22+/m1/s1.